The Morgan fingerprint density at radius 3 is 2.07 bits per heavy atom. The molecule has 14 heavy (non-hydrogen) atoms. The molecule has 0 saturated carbocycles. The number of amides is 1. The lowest BCUT2D eigenvalue weighted by Crippen LogP contribution is -2.50. The minimum atomic E-state index is -4.40. The number of nitrogens with two attached hydrogens (primary N) is 1. The summed E-state index contributed by atoms with van der Waals surface area (Å²) in [5.41, 5.74) is 4.90. The summed E-state index contributed by atoms with van der Waals surface area (Å²) in [6.45, 7) is 3.72. The Bertz CT molecular complexity index is 208. The van der Waals surface area contributed by atoms with Crippen LogP contribution in [0.25, 0.3) is 0 Å². The van der Waals surface area contributed by atoms with E-state index in [2.05, 4.69) is 0 Å². The molecule has 0 aliphatic rings. The fraction of sp³-hybridized carbons (Fsp3) is 0.875. The zero-order valence-electron chi connectivity index (χ0n) is 8.40. The molecular weight excluding hydrogens is 197 g/mol. The third-order valence-corrected chi connectivity index (χ3v) is 1.68. The Morgan fingerprint density at radius 1 is 1.36 bits per heavy atom. The van der Waals surface area contributed by atoms with Crippen LogP contribution in [0.2, 0.25) is 0 Å². The Morgan fingerprint density at radius 2 is 1.79 bits per heavy atom. The van der Waals surface area contributed by atoms with Crippen LogP contribution in [0.15, 0.2) is 0 Å². The quantitative estimate of drug-likeness (QED) is 0.718. The van der Waals surface area contributed by atoms with Gasteiger partial charge in [0.15, 0.2) is 0 Å². The average molecular weight is 212 g/mol. The zero-order valence-corrected chi connectivity index (χ0v) is 8.40. The highest BCUT2D eigenvalue weighted by Crippen LogP contribution is 2.18. The first-order valence-electron chi connectivity index (χ1n) is 4.14. The molecule has 3 N–H and O–H groups in total. The smallest absolute Gasteiger partial charge is 0.346 e. The molecule has 0 bridgehead atoms. The van der Waals surface area contributed by atoms with Crippen molar-refractivity contribution >= 4 is 5.91 Å². The second-order valence-electron chi connectivity index (χ2n) is 4.18. The molecule has 0 unspecified atom stereocenters. The molecule has 84 valence electrons. The Kier molecular flexibility index (Phi) is 3.93. The molecule has 1 atom stereocenters. The van der Waals surface area contributed by atoms with Crippen LogP contribution in [0.5, 0.6) is 0 Å². The predicted octanol–water partition coefficient (Wildman–Crippen LogP) is 1.04. The summed E-state index contributed by atoms with van der Waals surface area (Å²) >= 11 is 0. The molecule has 6 heteroatoms. The largest absolute Gasteiger partial charge is 0.405 e. The van der Waals surface area contributed by atoms with Crippen molar-refractivity contribution in [1.82, 2.24) is 5.32 Å². The van der Waals surface area contributed by atoms with E-state index in [1.165, 1.54) is 0 Å². The number of hydrogen-bond donors (Lipinski definition) is 2. The molecular formula is C8H15F3N2O. The van der Waals surface area contributed by atoms with Gasteiger partial charge in [0.05, 0.1) is 6.04 Å². The predicted molar refractivity (Wildman–Crippen MR) is 46.5 cm³/mol. The monoisotopic (exact) mass is 212 g/mol. The van der Waals surface area contributed by atoms with Crippen LogP contribution in [-0.2, 0) is 4.79 Å². The highest BCUT2D eigenvalue weighted by molar-refractivity contribution is 5.82. The van der Waals surface area contributed by atoms with E-state index in [9.17, 15) is 18.0 Å². The summed E-state index contributed by atoms with van der Waals surface area (Å²) in [4.78, 5) is 11.1. The van der Waals surface area contributed by atoms with Gasteiger partial charge in [-0.2, -0.15) is 13.2 Å². The summed E-state index contributed by atoms with van der Waals surface area (Å²) in [5, 5.41) is 1.74. The van der Waals surface area contributed by atoms with Crippen molar-refractivity contribution in [2.45, 2.75) is 33.0 Å². The number of carbonyl (C=O) groups is 1. The van der Waals surface area contributed by atoms with Gasteiger partial charge in [-0.1, -0.05) is 20.8 Å². The van der Waals surface area contributed by atoms with Crippen molar-refractivity contribution in [3.63, 3.8) is 0 Å². The maximum Gasteiger partial charge on any atom is 0.405 e. The van der Waals surface area contributed by atoms with E-state index in [1.54, 1.807) is 26.1 Å². The van der Waals surface area contributed by atoms with Gasteiger partial charge in [-0.3, -0.25) is 4.79 Å². The number of rotatable bonds is 2. The third-order valence-electron chi connectivity index (χ3n) is 1.68. The van der Waals surface area contributed by atoms with Crippen molar-refractivity contribution in [3.05, 3.63) is 0 Å². The highest BCUT2D eigenvalue weighted by atomic mass is 19.4. The number of hydrogen-bond acceptors (Lipinski definition) is 2. The van der Waals surface area contributed by atoms with Gasteiger partial charge in [-0.15, -0.1) is 0 Å². The van der Waals surface area contributed by atoms with E-state index in [-0.39, 0.29) is 0 Å². The number of halogens is 3. The minimum absolute atomic E-state index is 0.546. The van der Waals surface area contributed by atoms with Crippen molar-refractivity contribution in [2.24, 2.45) is 11.1 Å². The van der Waals surface area contributed by atoms with E-state index in [4.69, 9.17) is 5.73 Å². The van der Waals surface area contributed by atoms with E-state index in [1.807, 2.05) is 0 Å². The van der Waals surface area contributed by atoms with Crippen LogP contribution < -0.4 is 11.1 Å². The van der Waals surface area contributed by atoms with Crippen molar-refractivity contribution < 1.29 is 18.0 Å². The Balaban J connectivity index is 4.11. The molecule has 3 nitrogen and oxygen atoms in total. The van der Waals surface area contributed by atoms with Gasteiger partial charge < -0.3 is 11.1 Å². The molecule has 0 saturated heterocycles. The minimum Gasteiger partial charge on any atom is -0.346 e. The molecule has 0 aliphatic heterocycles. The molecule has 0 fully saturated rings. The lowest BCUT2D eigenvalue weighted by molar-refractivity contribution is -0.140. The van der Waals surface area contributed by atoms with Crippen molar-refractivity contribution in [2.75, 3.05) is 6.54 Å². The summed E-state index contributed by atoms with van der Waals surface area (Å²) in [7, 11) is 0. The van der Waals surface area contributed by atoms with E-state index < -0.39 is 30.1 Å². The SMILES string of the molecule is CC(C)(C)[C@H](N)C(=O)NCC(F)(F)F. The first-order valence-corrected chi connectivity index (χ1v) is 4.14. The Hall–Kier alpha value is -0.780. The van der Waals surface area contributed by atoms with E-state index in [0.717, 1.165) is 0 Å². The second kappa shape index (κ2) is 4.16. The lowest BCUT2D eigenvalue weighted by Gasteiger charge is -2.25. The first kappa shape index (κ1) is 13.2. The maximum atomic E-state index is 11.7. The van der Waals surface area contributed by atoms with E-state index in [0.29, 0.717) is 0 Å². The molecule has 0 radical (unpaired) electrons. The number of nitrogens with one attached hydrogen (secondary N) is 1. The third kappa shape index (κ3) is 5.06. The van der Waals surface area contributed by atoms with Crippen LogP contribution in [0.1, 0.15) is 20.8 Å². The lowest BCUT2D eigenvalue weighted by atomic mass is 9.87. The molecule has 0 aliphatic carbocycles. The summed E-state index contributed by atoms with van der Waals surface area (Å²) < 4.78 is 35.2. The maximum absolute atomic E-state index is 11.7. The normalized spacial score (nSPS) is 15.1. The van der Waals surface area contributed by atoms with Gasteiger partial charge in [0.1, 0.15) is 6.54 Å². The average Bonchev–Trinajstić information content (AvgIpc) is 1.95. The van der Waals surface area contributed by atoms with Gasteiger partial charge in [0.25, 0.3) is 0 Å². The van der Waals surface area contributed by atoms with Gasteiger partial charge in [-0.25, -0.2) is 0 Å². The zero-order chi connectivity index (χ0) is 11.6. The van der Waals surface area contributed by atoms with Gasteiger partial charge in [0.2, 0.25) is 5.91 Å². The van der Waals surface area contributed by atoms with Crippen LogP contribution in [0.3, 0.4) is 0 Å². The molecule has 0 rings (SSSR count). The molecule has 0 heterocycles. The van der Waals surface area contributed by atoms with E-state index >= 15 is 0 Å². The summed E-state index contributed by atoms with van der Waals surface area (Å²) in [5.74, 6) is -0.783. The standard InChI is InChI=1S/C8H15F3N2O/c1-7(2,3)5(12)6(14)13-4-8(9,10)11/h5H,4,12H2,1-3H3,(H,13,14)/t5-/m1/s1. The number of carbonyl (C=O) groups excluding carboxylic acids is 1. The summed E-state index contributed by atoms with van der Waals surface area (Å²) in [6, 6.07) is -0.940. The molecule has 0 aromatic rings. The fourth-order valence-corrected chi connectivity index (χ4v) is 0.691. The molecule has 0 spiro atoms. The van der Waals surface area contributed by atoms with Crippen molar-refractivity contribution in [3.8, 4) is 0 Å². The van der Waals surface area contributed by atoms with Gasteiger partial charge in [-0.05, 0) is 5.41 Å². The Labute approximate surface area is 80.8 Å². The first-order chi connectivity index (χ1) is 6.04. The fourth-order valence-electron chi connectivity index (χ4n) is 0.691. The summed E-state index contributed by atoms with van der Waals surface area (Å²) in [6.07, 6.45) is -4.40. The van der Waals surface area contributed by atoms with Gasteiger partial charge >= 0.3 is 6.18 Å². The van der Waals surface area contributed by atoms with Crippen LogP contribution in [0, 0.1) is 5.41 Å². The topological polar surface area (TPSA) is 55.1 Å². The molecule has 0 aromatic carbocycles. The molecule has 0 aromatic heterocycles. The van der Waals surface area contributed by atoms with Crippen LogP contribution in [0.4, 0.5) is 13.2 Å². The van der Waals surface area contributed by atoms with Crippen molar-refractivity contribution in [1.29, 1.82) is 0 Å². The number of alkyl halides is 3. The molecule has 1 amide bonds. The van der Waals surface area contributed by atoms with Crippen LogP contribution >= 0.6 is 0 Å². The highest BCUT2D eigenvalue weighted by Gasteiger charge is 2.32. The van der Waals surface area contributed by atoms with Gasteiger partial charge in [0, 0.05) is 0 Å². The van der Waals surface area contributed by atoms with Crippen LogP contribution in [-0.4, -0.2) is 24.7 Å². The second-order valence-corrected chi connectivity index (χ2v) is 4.18.